The van der Waals surface area contributed by atoms with E-state index in [2.05, 4.69) is 17.1 Å². The molecule has 1 aromatic heterocycles. The molecule has 4 rings (SSSR count). The van der Waals surface area contributed by atoms with Crippen molar-refractivity contribution in [2.75, 3.05) is 0 Å². The molecule has 1 aliphatic carbocycles. The number of nitrogens with zero attached hydrogens (tertiary/aromatic N) is 1. The zero-order valence-corrected chi connectivity index (χ0v) is 13.6. The van der Waals surface area contributed by atoms with Gasteiger partial charge < -0.3 is 5.11 Å². The van der Waals surface area contributed by atoms with Gasteiger partial charge in [0.2, 0.25) is 0 Å². The fourth-order valence-corrected chi connectivity index (χ4v) is 3.06. The molecule has 0 saturated heterocycles. The first-order valence-electron chi connectivity index (χ1n) is 6.65. The predicted octanol–water partition coefficient (Wildman–Crippen LogP) is 3.34. The van der Waals surface area contributed by atoms with Gasteiger partial charge in [-0.25, -0.2) is 0 Å². The SMILES string of the molecule is OC1(c2ccccn2)c2ccccc2-c2ccccc21.[Ir]. The number of aliphatic hydroxyl groups is 1. The average molecular weight is 452 g/mol. The molecule has 0 unspecified atom stereocenters. The van der Waals surface area contributed by atoms with Crippen molar-refractivity contribution >= 4 is 0 Å². The molecule has 21 heavy (non-hydrogen) atoms. The third-order valence-corrected chi connectivity index (χ3v) is 3.96. The number of hydrogen-bond acceptors (Lipinski definition) is 2. The minimum atomic E-state index is -1.16. The van der Waals surface area contributed by atoms with E-state index in [0.29, 0.717) is 5.69 Å². The van der Waals surface area contributed by atoms with Gasteiger partial charge in [0.05, 0.1) is 5.69 Å². The van der Waals surface area contributed by atoms with Gasteiger partial charge in [-0.15, -0.1) is 0 Å². The molecule has 0 atom stereocenters. The Labute approximate surface area is 136 Å². The molecule has 1 aliphatic rings. The summed E-state index contributed by atoms with van der Waals surface area (Å²) in [6.07, 6.45) is 1.72. The third kappa shape index (κ3) is 1.90. The van der Waals surface area contributed by atoms with Gasteiger partial charge in [0.1, 0.15) is 0 Å². The van der Waals surface area contributed by atoms with Crippen molar-refractivity contribution in [2.24, 2.45) is 0 Å². The summed E-state index contributed by atoms with van der Waals surface area (Å²) in [7, 11) is 0. The number of rotatable bonds is 1. The second-order valence-electron chi connectivity index (χ2n) is 5.02. The largest absolute Gasteiger partial charge is 0.374 e. The number of fused-ring (bicyclic) bond motifs is 3. The van der Waals surface area contributed by atoms with Crippen LogP contribution in [0.3, 0.4) is 0 Å². The second kappa shape index (κ2) is 5.19. The Morgan fingerprint density at radius 3 is 1.76 bits per heavy atom. The molecule has 3 aromatic rings. The summed E-state index contributed by atoms with van der Waals surface area (Å²) in [5.74, 6) is 0. The normalized spacial score (nSPS) is 14.0. The van der Waals surface area contributed by atoms with Crippen LogP contribution in [-0.2, 0) is 25.7 Å². The van der Waals surface area contributed by atoms with Crippen LogP contribution in [0.15, 0.2) is 72.9 Å². The van der Waals surface area contributed by atoms with Gasteiger partial charge in [-0.05, 0) is 23.3 Å². The number of aromatic nitrogens is 1. The van der Waals surface area contributed by atoms with E-state index in [-0.39, 0.29) is 20.1 Å². The van der Waals surface area contributed by atoms with Gasteiger partial charge in [0, 0.05) is 37.4 Å². The molecule has 0 aliphatic heterocycles. The van der Waals surface area contributed by atoms with Crippen molar-refractivity contribution in [3.05, 3.63) is 89.7 Å². The van der Waals surface area contributed by atoms with E-state index in [1.54, 1.807) is 6.20 Å². The topological polar surface area (TPSA) is 33.1 Å². The molecule has 0 spiro atoms. The molecular weight excluding hydrogens is 438 g/mol. The molecular formula is C18H13IrNO. The van der Waals surface area contributed by atoms with Crippen LogP contribution in [0.25, 0.3) is 11.1 Å². The van der Waals surface area contributed by atoms with Crippen molar-refractivity contribution in [1.82, 2.24) is 4.98 Å². The number of benzene rings is 2. The van der Waals surface area contributed by atoms with Crippen LogP contribution in [0.1, 0.15) is 16.8 Å². The van der Waals surface area contributed by atoms with Gasteiger partial charge in [-0.2, -0.15) is 0 Å². The maximum Gasteiger partial charge on any atom is 0.158 e. The Morgan fingerprint density at radius 2 is 1.24 bits per heavy atom. The molecule has 105 valence electrons. The van der Waals surface area contributed by atoms with Crippen molar-refractivity contribution in [2.45, 2.75) is 5.60 Å². The van der Waals surface area contributed by atoms with Crippen molar-refractivity contribution in [3.8, 4) is 11.1 Å². The maximum atomic E-state index is 11.4. The monoisotopic (exact) mass is 452 g/mol. The zero-order valence-electron chi connectivity index (χ0n) is 11.2. The minimum Gasteiger partial charge on any atom is -0.374 e. The molecule has 0 fully saturated rings. The number of hydrogen-bond donors (Lipinski definition) is 1. The standard InChI is InChI=1S/C18H13NO.Ir/c20-18(17-11-5-6-12-19-17)15-9-3-1-7-13(15)14-8-2-4-10-16(14)18;/h1-12,20H;. The van der Waals surface area contributed by atoms with E-state index < -0.39 is 5.60 Å². The van der Waals surface area contributed by atoms with Crippen LogP contribution in [-0.4, -0.2) is 10.1 Å². The molecule has 1 heterocycles. The van der Waals surface area contributed by atoms with Crippen molar-refractivity contribution in [3.63, 3.8) is 0 Å². The minimum absolute atomic E-state index is 0. The summed E-state index contributed by atoms with van der Waals surface area (Å²) in [6.45, 7) is 0. The first kappa shape index (κ1) is 14.1. The van der Waals surface area contributed by atoms with Gasteiger partial charge >= 0.3 is 0 Å². The van der Waals surface area contributed by atoms with Gasteiger partial charge in [-0.3, -0.25) is 4.98 Å². The van der Waals surface area contributed by atoms with E-state index in [1.165, 1.54) is 0 Å². The smallest absolute Gasteiger partial charge is 0.158 e. The van der Waals surface area contributed by atoms with Crippen LogP contribution in [0.5, 0.6) is 0 Å². The van der Waals surface area contributed by atoms with Gasteiger partial charge in [0.25, 0.3) is 0 Å². The fourth-order valence-electron chi connectivity index (χ4n) is 3.06. The van der Waals surface area contributed by atoms with Gasteiger partial charge in [-0.1, -0.05) is 54.6 Å². The Balaban J connectivity index is 0.00000132. The third-order valence-electron chi connectivity index (χ3n) is 3.96. The summed E-state index contributed by atoms with van der Waals surface area (Å²) in [4.78, 5) is 4.38. The zero-order chi connectivity index (χ0) is 13.6. The Kier molecular flexibility index (Phi) is 3.50. The molecule has 1 N–H and O–H groups in total. The predicted molar refractivity (Wildman–Crippen MR) is 78.2 cm³/mol. The average Bonchev–Trinajstić information content (AvgIpc) is 2.80. The molecule has 1 radical (unpaired) electrons. The first-order chi connectivity index (χ1) is 9.82. The fraction of sp³-hybridized carbons (Fsp3) is 0.0556. The molecule has 2 nitrogen and oxygen atoms in total. The van der Waals surface area contributed by atoms with Crippen LogP contribution in [0, 0.1) is 0 Å². The van der Waals surface area contributed by atoms with Crippen LogP contribution >= 0.6 is 0 Å². The first-order valence-corrected chi connectivity index (χ1v) is 6.65. The molecule has 0 amide bonds. The van der Waals surface area contributed by atoms with Crippen LogP contribution in [0.2, 0.25) is 0 Å². The summed E-state index contributed by atoms with van der Waals surface area (Å²) in [6, 6.07) is 21.6. The molecule has 3 heteroatoms. The summed E-state index contributed by atoms with van der Waals surface area (Å²) < 4.78 is 0. The quantitative estimate of drug-likeness (QED) is 0.616. The summed E-state index contributed by atoms with van der Waals surface area (Å²) in [5.41, 5.74) is 3.47. The van der Waals surface area contributed by atoms with E-state index in [4.69, 9.17) is 0 Å². The maximum absolute atomic E-state index is 11.4. The molecule has 2 aromatic carbocycles. The Hall–Kier alpha value is -1.80. The molecule has 0 bridgehead atoms. The summed E-state index contributed by atoms with van der Waals surface area (Å²) in [5, 5.41) is 11.4. The van der Waals surface area contributed by atoms with Gasteiger partial charge in [0.15, 0.2) is 5.60 Å². The summed E-state index contributed by atoms with van der Waals surface area (Å²) >= 11 is 0. The van der Waals surface area contributed by atoms with E-state index >= 15 is 0 Å². The Morgan fingerprint density at radius 1 is 0.714 bits per heavy atom. The number of pyridine rings is 1. The van der Waals surface area contributed by atoms with Crippen LogP contribution < -0.4 is 0 Å². The van der Waals surface area contributed by atoms with Crippen molar-refractivity contribution < 1.29 is 25.2 Å². The van der Waals surface area contributed by atoms with E-state index in [1.807, 2.05) is 54.6 Å². The molecule has 0 saturated carbocycles. The Bertz CT molecular complexity index is 740. The van der Waals surface area contributed by atoms with E-state index in [0.717, 1.165) is 22.3 Å². The van der Waals surface area contributed by atoms with Crippen LogP contribution in [0.4, 0.5) is 0 Å². The second-order valence-corrected chi connectivity index (χ2v) is 5.02. The van der Waals surface area contributed by atoms with E-state index in [9.17, 15) is 5.11 Å². The van der Waals surface area contributed by atoms with Crippen molar-refractivity contribution in [1.29, 1.82) is 0 Å².